The molecule has 1 unspecified atom stereocenters. The van der Waals surface area contributed by atoms with Crippen molar-refractivity contribution in [3.05, 3.63) is 35.4 Å². The Bertz CT molecular complexity index is 419. The minimum absolute atomic E-state index is 0.00225. The fraction of sp³-hybridized carbons (Fsp3) is 0.417. The highest BCUT2D eigenvalue weighted by Crippen LogP contribution is 2.10. The molecule has 1 rings (SSSR count). The predicted molar refractivity (Wildman–Crippen MR) is 61.1 cm³/mol. The van der Waals surface area contributed by atoms with Crippen LogP contribution in [0.5, 0.6) is 0 Å². The average Bonchev–Trinajstić information content (AvgIpc) is 2.27. The van der Waals surface area contributed by atoms with Crippen molar-refractivity contribution in [1.29, 1.82) is 0 Å². The molecule has 0 saturated heterocycles. The van der Waals surface area contributed by atoms with Crippen molar-refractivity contribution in [3.8, 4) is 0 Å². The lowest BCUT2D eigenvalue weighted by Crippen LogP contribution is -2.50. The first kappa shape index (κ1) is 13.6. The van der Waals surface area contributed by atoms with Crippen molar-refractivity contribution in [3.63, 3.8) is 0 Å². The third kappa shape index (κ3) is 3.49. The molecule has 3 N–H and O–H groups in total. The van der Waals surface area contributed by atoms with Crippen molar-refractivity contribution in [2.75, 3.05) is 0 Å². The molecule has 0 bridgehead atoms. The van der Waals surface area contributed by atoms with Crippen molar-refractivity contribution in [1.82, 2.24) is 5.32 Å². The summed E-state index contributed by atoms with van der Waals surface area (Å²) in [6, 6.07) is 3.22. The van der Waals surface area contributed by atoms with Gasteiger partial charge in [0.1, 0.15) is 11.6 Å². The summed E-state index contributed by atoms with van der Waals surface area (Å²) in [5.41, 5.74) is 4.97. The monoisotopic (exact) mass is 242 g/mol. The highest BCUT2D eigenvalue weighted by Gasteiger charge is 2.25. The number of hydrogen-bond acceptors (Lipinski definition) is 2. The Morgan fingerprint density at radius 1 is 1.47 bits per heavy atom. The number of amides is 1. The first-order chi connectivity index (χ1) is 7.86. The van der Waals surface area contributed by atoms with Gasteiger partial charge in [0.25, 0.3) is 0 Å². The second-order valence-electron chi connectivity index (χ2n) is 4.19. The molecule has 1 aromatic carbocycles. The summed E-state index contributed by atoms with van der Waals surface area (Å²) in [6.07, 6.45) is 0.477. The number of benzene rings is 1. The molecule has 0 radical (unpaired) electrons. The van der Waals surface area contributed by atoms with Gasteiger partial charge in [0, 0.05) is 18.2 Å². The fourth-order valence-electron chi connectivity index (χ4n) is 1.20. The molecule has 0 aliphatic heterocycles. The topological polar surface area (TPSA) is 55.1 Å². The largest absolute Gasteiger partial charge is 0.350 e. The maximum atomic E-state index is 13.3. The van der Waals surface area contributed by atoms with E-state index in [1.807, 2.05) is 0 Å². The summed E-state index contributed by atoms with van der Waals surface area (Å²) in [6.45, 7) is 3.39. The van der Waals surface area contributed by atoms with E-state index in [0.717, 1.165) is 12.1 Å². The second-order valence-corrected chi connectivity index (χ2v) is 4.19. The molecule has 0 fully saturated rings. The highest BCUT2D eigenvalue weighted by atomic mass is 19.1. The van der Waals surface area contributed by atoms with Crippen LogP contribution in [-0.4, -0.2) is 11.4 Å². The molecule has 0 heterocycles. The summed E-state index contributed by atoms with van der Waals surface area (Å²) in [4.78, 5) is 11.6. The van der Waals surface area contributed by atoms with Gasteiger partial charge in [-0.3, -0.25) is 4.79 Å². The van der Waals surface area contributed by atoms with Crippen LogP contribution in [0.4, 0.5) is 8.78 Å². The normalized spacial score (nSPS) is 14.2. The zero-order valence-electron chi connectivity index (χ0n) is 9.89. The van der Waals surface area contributed by atoms with Gasteiger partial charge < -0.3 is 11.1 Å². The smallest absolute Gasteiger partial charge is 0.240 e. The minimum atomic E-state index is -0.976. The van der Waals surface area contributed by atoms with Crippen molar-refractivity contribution in [2.24, 2.45) is 5.73 Å². The van der Waals surface area contributed by atoms with Crippen LogP contribution < -0.4 is 11.1 Å². The van der Waals surface area contributed by atoms with Gasteiger partial charge in [0.05, 0.1) is 5.54 Å². The molecular weight excluding hydrogens is 226 g/mol. The van der Waals surface area contributed by atoms with Gasteiger partial charge in [-0.25, -0.2) is 8.78 Å². The van der Waals surface area contributed by atoms with E-state index in [9.17, 15) is 13.6 Å². The first-order valence-corrected chi connectivity index (χ1v) is 5.38. The van der Waals surface area contributed by atoms with Gasteiger partial charge >= 0.3 is 0 Å². The number of rotatable bonds is 4. The third-order valence-corrected chi connectivity index (χ3v) is 2.71. The SMILES string of the molecule is CCC(C)(N)C(=O)NCc1ccc(F)cc1F. The number of carbonyl (C=O) groups is 1. The molecule has 1 aromatic rings. The Hall–Kier alpha value is -1.49. The second kappa shape index (κ2) is 5.23. The molecule has 3 nitrogen and oxygen atoms in total. The Balaban J connectivity index is 2.65. The van der Waals surface area contributed by atoms with Crippen molar-refractivity contribution < 1.29 is 13.6 Å². The molecular formula is C12H16F2N2O. The summed E-state index contributed by atoms with van der Waals surface area (Å²) < 4.78 is 25.9. The number of hydrogen-bond donors (Lipinski definition) is 2. The number of carbonyl (C=O) groups excluding carboxylic acids is 1. The summed E-state index contributed by atoms with van der Waals surface area (Å²) in [7, 11) is 0. The van der Waals surface area contributed by atoms with Crippen LogP contribution in [0.2, 0.25) is 0 Å². The minimum Gasteiger partial charge on any atom is -0.350 e. The molecule has 0 aliphatic rings. The van der Waals surface area contributed by atoms with E-state index in [4.69, 9.17) is 5.73 Å². The fourth-order valence-corrected chi connectivity index (χ4v) is 1.20. The molecule has 0 spiro atoms. The van der Waals surface area contributed by atoms with E-state index in [-0.39, 0.29) is 18.0 Å². The molecule has 17 heavy (non-hydrogen) atoms. The van der Waals surface area contributed by atoms with Gasteiger partial charge in [-0.05, 0) is 19.4 Å². The van der Waals surface area contributed by atoms with E-state index in [2.05, 4.69) is 5.32 Å². The summed E-state index contributed by atoms with van der Waals surface area (Å²) in [5.74, 6) is -1.68. The molecule has 1 atom stereocenters. The van der Waals surface area contributed by atoms with Crippen LogP contribution in [-0.2, 0) is 11.3 Å². The van der Waals surface area contributed by atoms with E-state index in [0.29, 0.717) is 6.42 Å². The van der Waals surface area contributed by atoms with E-state index in [1.165, 1.54) is 6.07 Å². The van der Waals surface area contributed by atoms with Crippen LogP contribution in [0.25, 0.3) is 0 Å². The van der Waals surface area contributed by atoms with Gasteiger partial charge in [-0.2, -0.15) is 0 Å². The zero-order chi connectivity index (χ0) is 13.1. The van der Waals surface area contributed by atoms with Crippen LogP contribution >= 0.6 is 0 Å². The lowest BCUT2D eigenvalue weighted by atomic mass is 9.99. The standard InChI is InChI=1S/C12H16F2N2O/c1-3-12(2,15)11(17)16-7-8-4-5-9(13)6-10(8)14/h4-6H,3,7,15H2,1-2H3,(H,16,17). The maximum Gasteiger partial charge on any atom is 0.240 e. The van der Waals surface area contributed by atoms with Gasteiger partial charge in [0.15, 0.2) is 0 Å². The lowest BCUT2D eigenvalue weighted by molar-refractivity contribution is -0.126. The Labute approximate surface area is 99.0 Å². The van der Waals surface area contributed by atoms with Crippen LogP contribution in [0.1, 0.15) is 25.8 Å². The number of nitrogens with one attached hydrogen (secondary N) is 1. The molecule has 0 aromatic heterocycles. The molecule has 1 amide bonds. The summed E-state index contributed by atoms with van der Waals surface area (Å²) in [5, 5.41) is 2.52. The number of nitrogens with two attached hydrogens (primary N) is 1. The van der Waals surface area contributed by atoms with Crippen LogP contribution in [0.3, 0.4) is 0 Å². The maximum absolute atomic E-state index is 13.3. The quantitative estimate of drug-likeness (QED) is 0.844. The van der Waals surface area contributed by atoms with E-state index >= 15 is 0 Å². The molecule has 0 aliphatic carbocycles. The predicted octanol–water partition coefficient (Wildman–Crippen LogP) is 1.71. The molecule has 94 valence electrons. The Morgan fingerprint density at radius 3 is 2.65 bits per heavy atom. The molecule has 5 heteroatoms. The Kier molecular flexibility index (Phi) is 4.17. The van der Waals surface area contributed by atoms with Crippen molar-refractivity contribution in [2.45, 2.75) is 32.4 Å². The van der Waals surface area contributed by atoms with E-state index < -0.39 is 17.2 Å². The lowest BCUT2D eigenvalue weighted by Gasteiger charge is -2.21. The van der Waals surface area contributed by atoms with Gasteiger partial charge in [0.2, 0.25) is 5.91 Å². The van der Waals surface area contributed by atoms with E-state index in [1.54, 1.807) is 13.8 Å². The summed E-state index contributed by atoms with van der Waals surface area (Å²) >= 11 is 0. The van der Waals surface area contributed by atoms with Crippen LogP contribution in [0, 0.1) is 11.6 Å². The highest BCUT2D eigenvalue weighted by molar-refractivity contribution is 5.85. The Morgan fingerprint density at radius 2 is 2.12 bits per heavy atom. The van der Waals surface area contributed by atoms with Crippen molar-refractivity contribution >= 4 is 5.91 Å². The average molecular weight is 242 g/mol. The third-order valence-electron chi connectivity index (χ3n) is 2.71. The number of halogens is 2. The first-order valence-electron chi connectivity index (χ1n) is 5.38. The van der Waals surface area contributed by atoms with Gasteiger partial charge in [-0.15, -0.1) is 0 Å². The zero-order valence-corrected chi connectivity index (χ0v) is 9.89. The van der Waals surface area contributed by atoms with Gasteiger partial charge in [-0.1, -0.05) is 13.0 Å². The van der Waals surface area contributed by atoms with Crippen LogP contribution in [0.15, 0.2) is 18.2 Å². The molecule has 0 saturated carbocycles.